The van der Waals surface area contributed by atoms with Crippen LogP contribution in [-0.2, 0) is 4.74 Å². The van der Waals surface area contributed by atoms with Crippen molar-refractivity contribution >= 4 is 0 Å². The molecule has 1 nitrogen and oxygen atoms in total. The lowest BCUT2D eigenvalue weighted by atomic mass is 9.70. The van der Waals surface area contributed by atoms with Gasteiger partial charge in [0.15, 0.2) is 0 Å². The lowest BCUT2D eigenvalue weighted by Gasteiger charge is -2.37. The Morgan fingerprint density at radius 1 is 0.833 bits per heavy atom. The van der Waals surface area contributed by atoms with Gasteiger partial charge in [-0.25, -0.2) is 0 Å². The molecule has 2 aliphatic rings. The number of unbranched alkanes of at least 4 members (excludes halogenated alkanes) is 3. The van der Waals surface area contributed by atoms with Crippen LogP contribution in [0, 0.1) is 17.8 Å². The highest BCUT2D eigenvalue weighted by atomic mass is 16.5. The van der Waals surface area contributed by atoms with Crippen LogP contribution in [0.2, 0.25) is 0 Å². The quantitative estimate of drug-likeness (QED) is 0.301. The van der Waals surface area contributed by atoms with Crippen molar-refractivity contribution < 1.29 is 4.74 Å². The van der Waals surface area contributed by atoms with Crippen LogP contribution in [0.15, 0.2) is 12.2 Å². The molecule has 0 aromatic carbocycles. The lowest BCUT2D eigenvalue weighted by molar-refractivity contribution is 0.00534. The maximum atomic E-state index is 6.13. The van der Waals surface area contributed by atoms with E-state index in [0.29, 0.717) is 6.10 Å². The van der Waals surface area contributed by atoms with Gasteiger partial charge in [0, 0.05) is 6.61 Å². The summed E-state index contributed by atoms with van der Waals surface area (Å²) in [5, 5.41) is 0. The summed E-state index contributed by atoms with van der Waals surface area (Å²) in [6.07, 6.45) is 24.7. The molecule has 0 aliphatic heterocycles. The molecular weight excluding hydrogens is 292 g/mol. The van der Waals surface area contributed by atoms with E-state index in [-0.39, 0.29) is 0 Å². The molecule has 0 amide bonds. The summed E-state index contributed by atoms with van der Waals surface area (Å²) in [6.45, 7) is 5.42. The molecule has 0 saturated heterocycles. The molecule has 2 saturated carbocycles. The van der Waals surface area contributed by atoms with Crippen LogP contribution in [0.1, 0.15) is 104 Å². The van der Waals surface area contributed by atoms with E-state index in [0.717, 1.165) is 24.4 Å². The number of ether oxygens (including phenoxy) is 1. The second-order valence-corrected chi connectivity index (χ2v) is 8.40. The molecular formula is C23H42O. The van der Waals surface area contributed by atoms with E-state index in [9.17, 15) is 0 Å². The van der Waals surface area contributed by atoms with Gasteiger partial charge in [0.05, 0.1) is 6.10 Å². The molecule has 0 heterocycles. The zero-order chi connectivity index (χ0) is 17.0. The normalized spacial score (nSPS) is 31.6. The van der Waals surface area contributed by atoms with Crippen molar-refractivity contribution in [3.63, 3.8) is 0 Å². The third-order valence-electron chi connectivity index (χ3n) is 6.61. The van der Waals surface area contributed by atoms with Crippen LogP contribution in [0.25, 0.3) is 0 Å². The summed E-state index contributed by atoms with van der Waals surface area (Å²) in [5.74, 6) is 3.06. The van der Waals surface area contributed by atoms with Gasteiger partial charge in [0.25, 0.3) is 0 Å². The van der Waals surface area contributed by atoms with Crippen molar-refractivity contribution in [2.24, 2.45) is 17.8 Å². The molecule has 0 N–H and O–H groups in total. The van der Waals surface area contributed by atoms with Gasteiger partial charge in [-0.15, -0.1) is 0 Å². The Hall–Kier alpha value is -0.300. The minimum atomic E-state index is 0.583. The molecule has 0 unspecified atom stereocenters. The highest BCUT2D eigenvalue weighted by Gasteiger charge is 2.30. The maximum absolute atomic E-state index is 6.13. The predicted octanol–water partition coefficient (Wildman–Crippen LogP) is 7.30. The Morgan fingerprint density at radius 2 is 1.50 bits per heavy atom. The highest BCUT2D eigenvalue weighted by Crippen LogP contribution is 2.41. The van der Waals surface area contributed by atoms with Gasteiger partial charge in [-0.1, -0.05) is 51.2 Å². The fourth-order valence-electron chi connectivity index (χ4n) is 4.95. The van der Waals surface area contributed by atoms with Crippen LogP contribution in [0.3, 0.4) is 0 Å². The number of hydrogen-bond donors (Lipinski definition) is 0. The largest absolute Gasteiger partial charge is 0.378 e. The van der Waals surface area contributed by atoms with E-state index >= 15 is 0 Å². The van der Waals surface area contributed by atoms with Crippen molar-refractivity contribution in [1.29, 1.82) is 0 Å². The van der Waals surface area contributed by atoms with Gasteiger partial charge in [-0.3, -0.25) is 0 Å². The lowest BCUT2D eigenvalue weighted by Crippen LogP contribution is -2.28. The summed E-state index contributed by atoms with van der Waals surface area (Å²) in [4.78, 5) is 0. The Morgan fingerprint density at radius 3 is 2.12 bits per heavy atom. The van der Waals surface area contributed by atoms with Gasteiger partial charge in [0.2, 0.25) is 0 Å². The SMILES string of the molecule is CC=CCCC1CCC(C2CCC(OCCCCCC)CC2)CC1. The fraction of sp³-hybridized carbons (Fsp3) is 0.913. The number of hydrogen-bond acceptors (Lipinski definition) is 1. The van der Waals surface area contributed by atoms with E-state index in [1.165, 1.54) is 89.9 Å². The first kappa shape index (κ1) is 20.0. The van der Waals surface area contributed by atoms with Crippen molar-refractivity contribution in [3.8, 4) is 0 Å². The summed E-state index contributed by atoms with van der Waals surface area (Å²) < 4.78 is 6.13. The van der Waals surface area contributed by atoms with Crippen LogP contribution in [0.4, 0.5) is 0 Å². The zero-order valence-electron chi connectivity index (χ0n) is 16.5. The molecule has 24 heavy (non-hydrogen) atoms. The summed E-state index contributed by atoms with van der Waals surface area (Å²) in [6, 6.07) is 0. The van der Waals surface area contributed by atoms with Gasteiger partial charge in [-0.05, 0) is 82.5 Å². The zero-order valence-corrected chi connectivity index (χ0v) is 16.5. The van der Waals surface area contributed by atoms with Gasteiger partial charge in [-0.2, -0.15) is 0 Å². The van der Waals surface area contributed by atoms with Crippen molar-refractivity contribution in [1.82, 2.24) is 0 Å². The van der Waals surface area contributed by atoms with Crippen molar-refractivity contribution in [2.75, 3.05) is 6.61 Å². The van der Waals surface area contributed by atoms with E-state index in [4.69, 9.17) is 4.74 Å². The molecule has 2 rings (SSSR count). The first-order valence-corrected chi connectivity index (χ1v) is 11.1. The summed E-state index contributed by atoms with van der Waals surface area (Å²) in [7, 11) is 0. The average Bonchev–Trinajstić information content (AvgIpc) is 2.63. The Labute approximate surface area is 151 Å². The number of rotatable bonds is 10. The molecule has 0 bridgehead atoms. The summed E-state index contributed by atoms with van der Waals surface area (Å²) in [5.41, 5.74) is 0. The van der Waals surface area contributed by atoms with E-state index in [1.807, 2.05) is 0 Å². The molecule has 0 spiro atoms. The molecule has 1 heteroatoms. The molecule has 140 valence electrons. The Kier molecular flexibility index (Phi) is 10.1. The van der Waals surface area contributed by atoms with Gasteiger partial charge in [0.1, 0.15) is 0 Å². The topological polar surface area (TPSA) is 9.23 Å². The minimum absolute atomic E-state index is 0.583. The molecule has 0 radical (unpaired) electrons. The molecule has 2 fully saturated rings. The Balaban J connectivity index is 1.55. The highest BCUT2D eigenvalue weighted by molar-refractivity contribution is 4.84. The molecule has 0 aromatic heterocycles. The maximum Gasteiger partial charge on any atom is 0.0575 e. The van der Waals surface area contributed by atoms with Crippen molar-refractivity contribution in [2.45, 2.75) is 110 Å². The van der Waals surface area contributed by atoms with Crippen molar-refractivity contribution in [3.05, 3.63) is 12.2 Å². The smallest absolute Gasteiger partial charge is 0.0575 e. The first-order valence-electron chi connectivity index (χ1n) is 11.1. The second kappa shape index (κ2) is 12.1. The molecule has 2 aliphatic carbocycles. The average molecular weight is 335 g/mol. The van der Waals surface area contributed by atoms with E-state index < -0.39 is 0 Å². The second-order valence-electron chi connectivity index (χ2n) is 8.40. The number of allylic oxidation sites excluding steroid dienone is 2. The standard InChI is InChI=1S/C23H42O/c1-3-5-7-9-19-24-23-17-15-22(16-18-23)21-13-11-20(12-14-21)10-8-6-4-2/h4,6,20-23H,3,5,7-19H2,1-2H3. The third-order valence-corrected chi connectivity index (χ3v) is 6.61. The minimum Gasteiger partial charge on any atom is -0.378 e. The summed E-state index contributed by atoms with van der Waals surface area (Å²) >= 11 is 0. The first-order chi connectivity index (χ1) is 11.8. The van der Waals surface area contributed by atoms with Crippen LogP contribution in [0.5, 0.6) is 0 Å². The molecule has 0 aromatic rings. The van der Waals surface area contributed by atoms with E-state index in [1.54, 1.807) is 0 Å². The van der Waals surface area contributed by atoms with Crippen LogP contribution >= 0.6 is 0 Å². The predicted molar refractivity (Wildman–Crippen MR) is 105 cm³/mol. The van der Waals surface area contributed by atoms with Crippen LogP contribution < -0.4 is 0 Å². The monoisotopic (exact) mass is 334 g/mol. The fourth-order valence-corrected chi connectivity index (χ4v) is 4.95. The molecule has 0 atom stereocenters. The van der Waals surface area contributed by atoms with Crippen LogP contribution in [-0.4, -0.2) is 12.7 Å². The Bertz CT molecular complexity index is 319. The third kappa shape index (κ3) is 7.30. The van der Waals surface area contributed by atoms with E-state index in [2.05, 4.69) is 26.0 Å². The van der Waals surface area contributed by atoms with Gasteiger partial charge >= 0.3 is 0 Å². The van der Waals surface area contributed by atoms with Gasteiger partial charge < -0.3 is 4.74 Å².